The van der Waals surface area contributed by atoms with Gasteiger partial charge in [-0.25, -0.2) is 4.79 Å². The molecule has 0 aromatic carbocycles. The third-order valence-corrected chi connectivity index (χ3v) is 5.29. The van der Waals surface area contributed by atoms with E-state index < -0.39 is 0 Å². The van der Waals surface area contributed by atoms with E-state index in [1.807, 2.05) is 9.80 Å². The zero-order valence-corrected chi connectivity index (χ0v) is 16.9. The summed E-state index contributed by atoms with van der Waals surface area (Å²) in [6.45, 7) is 13.2. The van der Waals surface area contributed by atoms with Crippen molar-refractivity contribution in [1.82, 2.24) is 14.2 Å². The van der Waals surface area contributed by atoms with E-state index in [2.05, 4.69) is 62.1 Å². The maximum atomic E-state index is 13.0. The Kier molecular flexibility index (Phi) is 7.20. The molecule has 1 aromatic rings. The molecule has 0 unspecified atom stereocenters. The Hall–Kier alpha value is -1.66. The molecule has 1 aliphatic heterocycles. The lowest BCUT2D eigenvalue weighted by atomic mass is 10.2. The van der Waals surface area contributed by atoms with Crippen LogP contribution in [0, 0.1) is 6.92 Å². The second-order valence-corrected chi connectivity index (χ2v) is 7.40. The predicted octanol–water partition coefficient (Wildman–Crippen LogP) is 4.41. The number of carbonyl (C=O) groups is 1. The van der Waals surface area contributed by atoms with E-state index >= 15 is 0 Å². The smallest absolute Gasteiger partial charge is 0.308 e. The first kappa shape index (κ1) is 19.7. The van der Waals surface area contributed by atoms with Gasteiger partial charge in [0.25, 0.3) is 0 Å². The molecular weight excluding hydrogens is 332 g/mol. The summed E-state index contributed by atoms with van der Waals surface area (Å²) >= 11 is 1.44. The summed E-state index contributed by atoms with van der Waals surface area (Å²) in [6.07, 6.45) is 8.40. The summed E-state index contributed by atoms with van der Waals surface area (Å²) in [4.78, 5) is 19.1. The third-order valence-electron chi connectivity index (χ3n) is 4.28. The van der Waals surface area contributed by atoms with E-state index in [1.165, 1.54) is 17.1 Å². The van der Waals surface area contributed by atoms with Crippen LogP contribution in [0.4, 0.5) is 9.80 Å². The molecule has 1 saturated heterocycles. The highest BCUT2D eigenvalue weighted by Crippen LogP contribution is 2.31. The van der Waals surface area contributed by atoms with Gasteiger partial charge in [-0.2, -0.15) is 4.37 Å². The van der Waals surface area contributed by atoms with Gasteiger partial charge in [0.15, 0.2) is 0 Å². The molecule has 0 aliphatic carbocycles. The van der Waals surface area contributed by atoms with Crippen molar-refractivity contribution in [1.29, 1.82) is 0 Å². The Balaban J connectivity index is 2.25. The Morgan fingerprint density at radius 1 is 1.20 bits per heavy atom. The van der Waals surface area contributed by atoms with Crippen LogP contribution in [0.5, 0.6) is 0 Å². The van der Waals surface area contributed by atoms with Gasteiger partial charge >= 0.3 is 6.03 Å². The largest absolute Gasteiger partial charge is 0.327 e. The first-order valence-corrected chi connectivity index (χ1v) is 9.77. The van der Waals surface area contributed by atoms with Crippen molar-refractivity contribution in [3.63, 3.8) is 0 Å². The van der Waals surface area contributed by atoms with Gasteiger partial charge in [-0.3, -0.25) is 9.80 Å². The minimum atomic E-state index is 0.0719. The summed E-state index contributed by atoms with van der Waals surface area (Å²) in [5.74, 6) is 0. The van der Waals surface area contributed by atoms with Crippen molar-refractivity contribution >= 4 is 22.6 Å². The molecule has 0 radical (unpaired) electrons. The number of hydrogen-bond donors (Lipinski definition) is 0. The normalized spacial score (nSPS) is 16.1. The van der Waals surface area contributed by atoms with Crippen molar-refractivity contribution in [3.8, 4) is 0 Å². The third kappa shape index (κ3) is 4.92. The molecule has 2 heterocycles. The summed E-state index contributed by atoms with van der Waals surface area (Å²) in [6, 6.07) is 0.0719. The number of aryl methyl sites for hydroxylation is 1. The van der Waals surface area contributed by atoms with Gasteiger partial charge in [0, 0.05) is 18.7 Å². The van der Waals surface area contributed by atoms with E-state index in [9.17, 15) is 4.79 Å². The lowest BCUT2D eigenvalue weighted by molar-refractivity contribution is 0.131. The first-order valence-electron chi connectivity index (χ1n) is 9.00. The summed E-state index contributed by atoms with van der Waals surface area (Å²) in [7, 11) is 0. The molecule has 1 aromatic heterocycles. The summed E-state index contributed by atoms with van der Waals surface area (Å²) in [5, 5.41) is 0.980. The number of amides is 2. The van der Waals surface area contributed by atoms with E-state index in [-0.39, 0.29) is 6.03 Å². The molecule has 5 nitrogen and oxygen atoms in total. The van der Waals surface area contributed by atoms with Crippen molar-refractivity contribution in [3.05, 3.63) is 35.1 Å². The zero-order valence-electron chi connectivity index (χ0n) is 16.1. The minimum Gasteiger partial charge on any atom is -0.308 e. The van der Waals surface area contributed by atoms with Crippen LogP contribution < -0.4 is 4.90 Å². The Bertz CT molecular complexity index is 646. The maximum absolute atomic E-state index is 13.0. The molecule has 138 valence electrons. The van der Waals surface area contributed by atoms with Crippen LogP contribution in [-0.4, -0.2) is 46.6 Å². The van der Waals surface area contributed by atoms with Gasteiger partial charge in [0.2, 0.25) is 0 Å². The van der Waals surface area contributed by atoms with E-state index in [0.29, 0.717) is 19.9 Å². The zero-order chi connectivity index (χ0) is 18.4. The van der Waals surface area contributed by atoms with Crippen LogP contribution in [-0.2, 0) is 6.42 Å². The average Bonchev–Trinajstić information content (AvgIpc) is 2.95. The molecule has 0 bridgehead atoms. The van der Waals surface area contributed by atoms with Crippen LogP contribution in [0.2, 0.25) is 0 Å². The fraction of sp³-hybridized carbons (Fsp3) is 0.579. The van der Waals surface area contributed by atoms with Crippen molar-refractivity contribution < 1.29 is 4.79 Å². The molecule has 0 spiro atoms. The van der Waals surface area contributed by atoms with Gasteiger partial charge < -0.3 is 4.90 Å². The Morgan fingerprint density at radius 3 is 2.56 bits per heavy atom. The van der Waals surface area contributed by atoms with Crippen molar-refractivity contribution in [2.24, 2.45) is 0 Å². The maximum Gasteiger partial charge on any atom is 0.327 e. The van der Waals surface area contributed by atoms with Crippen LogP contribution in [0.3, 0.4) is 0 Å². The molecule has 25 heavy (non-hydrogen) atoms. The number of hydrogen-bond acceptors (Lipinski definition) is 4. The number of aromatic nitrogens is 1. The number of allylic oxidation sites excluding steroid dienone is 2. The van der Waals surface area contributed by atoms with E-state index in [0.717, 1.165) is 35.6 Å². The fourth-order valence-electron chi connectivity index (χ4n) is 2.80. The lowest BCUT2D eigenvalue weighted by Crippen LogP contribution is -2.58. The number of urea groups is 1. The molecule has 2 rings (SSSR count). The molecule has 0 atom stereocenters. The molecule has 0 N–H and O–H groups in total. The summed E-state index contributed by atoms with van der Waals surface area (Å²) < 4.78 is 4.53. The van der Waals surface area contributed by atoms with Gasteiger partial charge in [0.1, 0.15) is 5.00 Å². The van der Waals surface area contributed by atoms with Crippen LogP contribution in [0.1, 0.15) is 45.4 Å². The Morgan fingerprint density at radius 2 is 1.96 bits per heavy atom. The quantitative estimate of drug-likeness (QED) is 0.675. The number of rotatable bonds is 7. The lowest BCUT2D eigenvalue weighted by Gasteiger charge is -2.41. The molecular formula is C19H30N4OS. The highest BCUT2D eigenvalue weighted by molar-refractivity contribution is 7.10. The van der Waals surface area contributed by atoms with Gasteiger partial charge in [-0.05, 0) is 45.1 Å². The molecule has 0 saturated carbocycles. The van der Waals surface area contributed by atoms with Gasteiger partial charge in [-0.15, -0.1) is 0 Å². The van der Waals surface area contributed by atoms with Crippen molar-refractivity contribution in [2.45, 2.75) is 47.5 Å². The first-order chi connectivity index (χ1) is 12.0. The van der Waals surface area contributed by atoms with Gasteiger partial charge in [0.05, 0.1) is 19.0 Å². The fourth-order valence-corrected chi connectivity index (χ4v) is 3.76. The second-order valence-electron chi connectivity index (χ2n) is 6.64. The average molecular weight is 363 g/mol. The van der Waals surface area contributed by atoms with E-state index in [4.69, 9.17) is 0 Å². The SMILES string of the molecule is CC/C=C/CN1CN(CC=C(C)C)C(=O)N(c2snc(CC)c2C)C1. The second kappa shape index (κ2) is 9.15. The van der Waals surface area contributed by atoms with E-state index in [1.54, 1.807) is 0 Å². The van der Waals surface area contributed by atoms with Crippen LogP contribution in [0.25, 0.3) is 0 Å². The van der Waals surface area contributed by atoms with Crippen LogP contribution >= 0.6 is 11.5 Å². The predicted molar refractivity (Wildman–Crippen MR) is 106 cm³/mol. The highest BCUT2D eigenvalue weighted by atomic mass is 32.1. The summed E-state index contributed by atoms with van der Waals surface area (Å²) in [5.41, 5.74) is 3.45. The van der Waals surface area contributed by atoms with Crippen LogP contribution in [0.15, 0.2) is 23.8 Å². The molecule has 1 aliphatic rings. The number of anilines is 1. The van der Waals surface area contributed by atoms with Crippen molar-refractivity contribution in [2.75, 3.05) is 31.3 Å². The topological polar surface area (TPSA) is 39.7 Å². The number of nitrogens with zero attached hydrogens (tertiary/aromatic N) is 4. The molecule has 2 amide bonds. The monoisotopic (exact) mass is 362 g/mol. The highest BCUT2D eigenvalue weighted by Gasteiger charge is 2.32. The minimum absolute atomic E-state index is 0.0719. The number of carbonyl (C=O) groups excluding carboxylic acids is 1. The molecule has 1 fully saturated rings. The standard InChI is InChI=1S/C19H30N4OS/c1-6-8-9-11-21-13-22(12-10-15(3)4)19(24)23(14-21)18-16(5)17(7-2)20-25-18/h8-10H,6-7,11-14H2,1-5H3/b9-8+. The Labute approximate surface area is 155 Å². The van der Waals surface area contributed by atoms with Gasteiger partial charge in [-0.1, -0.05) is 37.6 Å². The molecule has 6 heteroatoms.